The molecule has 1 aliphatic rings. The molecule has 2 heterocycles. The van der Waals surface area contributed by atoms with Gasteiger partial charge in [0, 0.05) is 35.2 Å². The summed E-state index contributed by atoms with van der Waals surface area (Å²) < 4.78 is 0. The van der Waals surface area contributed by atoms with Crippen LogP contribution in [0.2, 0.25) is 0 Å². The summed E-state index contributed by atoms with van der Waals surface area (Å²) >= 11 is 0. The number of H-pyrrole nitrogens is 1. The first-order valence-electron chi connectivity index (χ1n) is 10.2. The molecule has 29 heavy (non-hydrogen) atoms. The third-order valence-electron chi connectivity index (χ3n) is 6.05. The number of likely N-dealkylation sites (tertiary alicyclic amines) is 1. The monoisotopic (exact) mass is 388 g/mol. The van der Waals surface area contributed by atoms with Crippen LogP contribution in [0.15, 0.2) is 52.9 Å². The van der Waals surface area contributed by atoms with E-state index in [9.17, 15) is 0 Å². The number of nitrogens with zero attached hydrogens (tertiary/aromatic N) is 3. The van der Waals surface area contributed by atoms with E-state index in [4.69, 9.17) is 11.3 Å². The summed E-state index contributed by atoms with van der Waals surface area (Å²) in [5, 5.41) is 16.3. The summed E-state index contributed by atoms with van der Waals surface area (Å²) in [6, 6.07) is 12.9. The van der Waals surface area contributed by atoms with Crippen LogP contribution < -0.4 is 5.84 Å². The fourth-order valence-electron chi connectivity index (χ4n) is 4.62. The molecule has 4 N–H and O–H groups in total. The number of hydrogen-bond donors (Lipinski definition) is 3. The minimum absolute atomic E-state index is 0.0973. The van der Waals surface area contributed by atoms with Gasteiger partial charge in [-0.25, -0.2) is 0 Å². The highest BCUT2D eigenvalue weighted by molar-refractivity contribution is 5.96. The van der Waals surface area contributed by atoms with Gasteiger partial charge in [-0.05, 0) is 67.6 Å². The van der Waals surface area contributed by atoms with Crippen molar-refractivity contribution in [3.05, 3.63) is 70.4 Å². The van der Waals surface area contributed by atoms with Gasteiger partial charge in [-0.2, -0.15) is 0 Å². The van der Waals surface area contributed by atoms with Gasteiger partial charge >= 0.3 is 0 Å². The first-order chi connectivity index (χ1) is 14.1. The number of nitrogens with one attached hydrogen (secondary N) is 2. The predicted octanol–water partition coefficient (Wildman–Crippen LogP) is 5.16. The number of aromatic amines is 1. The van der Waals surface area contributed by atoms with Crippen LogP contribution in [0.4, 0.5) is 0 Å². The molecule has 1 aromatic heterocycles. The van der Waals surface area contributed by atoms with Crippen LogP contribution in [0.3, 0.4) is 0 Å². The van der Waals surface area contributed by atoms with Crippen molar-refractivity contribution < 1.29 is 0 Å². The Balaban J connectivity index is 1.67. The molecule has 0 spiro atoms. The smallest absolute Gasteiger partial charge is 0.176 e. The normalized spacial score (nSPS) is 17.9. The molecular formula is C23H28N6. The lowest BCUT2D eigenvalue weighted by atomic mass is 9.92. The van der Waals surface area contributed by atoms with Crippen molar-refractivity contribution in [1.29, 1.82) is 5.41 Å². The average molecular weight is 389 g/mol. The Morgan fingerprint density at radius 1 is 1.21 bits per heavy atom. The molecule has 6 heteroatoms. The molecule has 1 aliphatic heterocycles. The lowest BCUT2D eigenvalue weighted by Gasteiger charge is -2.37. The molecule has 3 aromatic rings. The van der Waals surface area contributed by atoms with Gasteiger partial charge in [0.15, 0.2) is 5.84 Å². The minimum atomic E-state index is 0.0973. The highest BCUT2D eigenvalue weighted by atomic mass is 15.3. The molecule has 0 saturated carbocycles. The van der Waals surface area contributed by atoms with Gasteiger partial charge in [0.25, 0.3) is 0 Å². The van der Waals surface area contributed by atoms with Gasteiger partial charge in [-0.3, -0.25) is 10.3 Å². The molecule has 1 saturated heterocycles. The third kappa shape index (κ3) is 3.80. The van der Waals surface area contributed by atoms with E-state index >= 15 is 0 Å². The van der Waals surface area contributed by atoms with Crippen LogP contribution in [0, 0.1) is 19.3 Å². The molecule has 0 amide bonds. The molecule has 0 aliphatic carbocycles. The zero-order chi connectivity index (χ0) is 20.4. The van der Waals surface area contributed by atoms with Crippen LogP contribution in [-0.2, 0) is 6.54 Å². The zero-order valence-electron chi connectivity index (χ0n) is 17.1. The van der Waals surface area contributed by atoms with Gasteiger partial charge < -0.3 is 10.8 Å². The van der Waals surface area contributed by atoms with Crippen LogP contribution in [0.1, 0.15) is 53.1 Å². The van der Waals surface area contributed by atoms with Gasteiger partial charge in [-0.1, -0.05) is 35.9 Å². The molecule has 150 valence electrons. The molecule has 1 atom stereocenters. The summed E-state index contributed by atoms with van der Waals surface area (Å²) in [6.07, 6.45) is 5.60. The highest BCUT2D eigenvalue weighted by Gasteiger charge is 2.25. The summed E-state index contributed by atoms with van der Waals surface area (Å²) in [5.74, 6) is 5.22. The van der Waals surface area contributed by atoms with Crippen LogP contribution in [0.25, 0.3) is 10.9 Å². The van der Waals surface area contributed by atoms with Crippen molar-refractivity contribution >= 4 is 16.7 Å². The molecule has 1 unspecified atom stereocenters. The van der Waals surface area contributed by atoms with E-state index in [-0.39, 0.29) is 5.84 Å². The Kier molecular flexibility index (Phi) is 5.45. The maximum atomic E-state index is 8.03. The summed E-state index contributed by atoms with van der Waals surface area (Å²) in [5.41, 5.74) is 7.26. The van der Waals surface area contributed by atoms with E-state index in [1.165, 1.54) is 46.0 Å². The fraction of sp³-hybridized carbons (Fsp3) is 0.348. The lowest BCUT2D eigenvalue weighted by Crippen LogP contribution is -2.33. The number of fused-ring (bicyclic) bond motifs is 1. The number of piperidine rings is 1. The molecule has 1 fully saturated rings. The quantitative estimate of drug-likeness (QED) is 0.189. The van der Waals surface area contributed by atoms with E-state index in [1.807, 2.05) is 18.3 Å². The molecule has 2 aromatic carbocycles. The fourth-order valence-corrected chi connectivity index (χ4v) is 4.62. The van der Waals surface area contributed by atoms with Crippen molar-refractivity contribution in [1.82, 2.24) is 9.88 Å². The van der Waals surface area contributed by atoms with Crippen molar-refractivity contribution in [2.75, 3.05) is 6.54 Å². The van der Waals surface area contributed by atoms with Crippen molar-refractivity contribution in [3.8, 4) is 0 Å². The molecule has 6 nitrogen and oxygen atoms in total. The van der Waals surface area contributed by atoms with Crippen LogP contribution in [-0.4, -0.2) is 22.3 Å². The van der Waals surface area contributed by atoms with E-state index in [0.29, 0.717) is 6.04 Å². The topological polar surface area (TPSA) is 93.6 Å². The van der Waals surface area contributed by atoms with E-state index in [2.05, 4.69) is 58.3 Å². The van der Waals surface area contributed by atoms with Gasteiger partial charge in [-0.15, -0.1) is 5.11 Å². The van der Waals surface area contributed by atoms with E-state index in [1.54, 1.807) is 0 Å². The second-order valence-electron chi connectivity index (χ2n) is 7.93. The number of amidine groups is 1. The van der Waals surface area contributed by atoms with Crippen molar-refractivity contribution in [2.24, 2.45) is 16.2 Å². The molecular weight excluding hydrogens is 360 g/mol. The Labute approximate surface area is 171 Å². The first-order valence-corrected chi connectivity index (χ1v) is 10.2. The number of hydrogen-bond acceptors (Lipinski definition) is 3. The third-order valence-corrected chi connectivity index (χ3v) is 6.05. The van der Waals surface area contributed by atoms with E-state index < -0.39 is 0 Å². The predicted molar refractivity (Wildman–Crippen MR) is 117 cm³/mol. The van der Waals surface area contributed by atoms with Crippen molar-refractivity contribution in [3.63, 3.8) is 0 Å². The number of aryl methyl sites for hydroxylation is 2. The Bertz CT molecular complexity index is 1060. The standard InChI is InChI=1S/C23H28N6/c1-15-12-16(2)22-19(9-10-26-22)20(15)14-29-11-4-3-8-21(29)17-6-5-7-18(13-17)23(24)27-28-25/h5-7,9-10,12-13,21,26H,3-4,8,11,14H2,1-2H3,(H3,24,25,27). The minimum Gasteiger partial charge on any atom is -0.361 e. The largest absolute Gasteiger partial charge is 0.361 e. The maximum Gasteiger partial charge on any atom is 0.176 e. The van der Waals surface area contributed by atoms with Gasteiger partial charge in [0.1, 0.15) is 0 Å². The maximum absolute atomic E-state index is 8.03. The summed E-state index contributed by atoms with van der Waals surface area (Å²) in [6.45, 7) is 6.38. The second-order valence-corrected chi connectivity index (χ2v) is 7.93. The average Bonchev–Trinajstić information content (AvgIpc) is 3.22. The van der Waals surface area contributed by atoms with Crippen molar-refractivity contribution in [2.45, 2.75) is 45.7 Å². The summed E-state index contributed by atoms with van der Waals surface area (Å²) in [7, 11) is 0. The summed E-state index contributed by atoms with van der Waals surface area (Å²) in [4.78, 5) is 5.98. The number of benzene rings is 2. The van der Waals surface area contributed by atoms with Gasteiger partial charge in [0.05, 0.1) is 0 Å². The Morgan fingerprint density at radius 2 is 2.07 bits per heavy atom. The van der Waals surface area contributed by atoms with E-state index in [0.717, 1.165) is 25.1 Å². The van der Waals surface area contributed by atoms with Crippen LogP contribution >= 0.6 is 0 Å². The Morgan fingerprint density at radius 3 is 2.90 bits per heavy atom. The first kappa shape index (κ1) is 19.3. The SMILES string of the molecule is Cc1cc(C)c2[nH]ccc2c1CN1CCCCC1c1cccc(C(=N)N=NN)c1. The second kappa shape index (κ2) is 8.17. The van der Waals surface area contributed by atoms with Gasteiger partial charge in [0.2, 0.25) is 0 Å². The molecule has 0 bridgehead atoms. The molecule has 4 rings (SSSR count). The number of aromatic nitrogens is 1. The number of nitrogens with two attached hydrogens (primary N) is 1. The van der Waals surface area contributed by atoms with Crippen LogP contribution in [0.5, 0.6) is 0 Å². The number of rotatable bonds is 4. The Hall–Kier alpha value is -2.99. The highest BCUT2D eigenvalue weighted by Crippen LogP contribution is 2.35. The lowest BCUT2D eigenvalue weighted by molar-refractivity contribution is 0.141. The zero-order valence-corrected chi connectivity index (χ0v) is 17.1. The molecule has 0 radical (unpaired) electrons.